The summed E-state index contributed by atoms with van der Waals surface area (Å²) in [6, 6.07) is 13.3. The second-order valence-electron chi connectivity index (χ2n) is 7.69. The van der Waals surface area contributed by atoms with Crippen LogP contribution in [0.2, 0.25) is 0 Å². The largest absolute Gasteiger partial charge is 0.482 e. The van der Waals surface area contributed by atoms with Crippen molar-refractivity contribution in [1.82, 2.24) is 0 Å². The Kier molecular flexibility index (Phi) is 5.77. The van der Waals surface area contributed by atoms with Crippen LogP contribution in [-0.4, -0.2) is 5.11 Å². The molecule has 1 fully saturated rings. The van der Waals surface area contributed by atoms with E-state index in [-0.39, 0.29) is 24.4 Å². The van der Waals surface area contributed by atoms with Gasteiger partial charge >= 0.3 is 0 Å². The maximum absolute atomic E-state index is 13.1. The number of aliphatic hydroxyl groups excluding tert-OH is 1. The minimum absolute atomic E-state index is 0.0131. The SMILES string of the molecule is O=c1c(OCc2ccc(CO)cc2)coc2cccc(CC3CCCCC3)c12. The van der Waals surface area contributed by atoms with E-state index in [9.17, 15) is 4.79 Å². The zero-order valence-corrected chi connectivity index (χ0v) is 16.0. The summed E-state index contributed by atoms with van der Waals surface area (Å²) in [5.74, 6) is 0.892. The Labute approximate surface area is 164 Å². The summed E-state index contributed by atoms with van der Waals surface area (Å²) in [5.41, 5.74) is 3.38. The highest BCUT2D eigenvalue weighted by molar-refractivity contribution is 5.81. The molecule has 4 rings (SSSR count). The first-order valence-electron chi connectivity index (χ1n) is 10.1. The highest BCUT2D eigenvalue weighted by atomic mass is 16.5. The molecule has 2 aromatic carbocycles. The minimum atomic E-state index is -0.0976. The van der Waals surface area contributed by atoms with Gasteiger partial charge in [0.1, 0.15) is 18.5 Å². The number of fused-ring (bicyclic) bond motifs is 1. The summed E-state index contributed by atoms with van der Waals surface area (Å²) >= 11 is 0. The summed E-state index contributed by atoms with van der Waals surface area (Å²) in [6.45, 7) is 0.298. The van der Waals surface area contributed by atoms with Gasteiger partial charge in [-0.3, -0.25) is 4.79 Å². The molecule has 0 unspecified atom stereocenters. The molecule has 1 N–H and O–H groups in total. The Morgan fingerprint density at radius 1 is 1.00 bits per heavy atom. The molecule has 1 saturated carbocycles. The zero-order chi connectivity index (χ0) is 19.3. The van der Waals surface area contributed by atoms with Crippen LogP contribution in [0.3, 0.4) is 0 Å². The fourth-order valence-corrected chi connectivity index (χ4v) is 4.10. The van der Waals surface area contributed by atoms with Crippen LogP contribution in [0.15, 0.2) is 57.9 Å². The van der Waals surface area contributed by atoms with Crippen LogP contribution in [0.4, 0.5) is 0 Å². The average molecular weight is 378 g/mol. The fourth-order valence-electron chi connectivity index (χ4n) is 4.10. The molecule has 146 valence electrons. The highest BCUT2D eigenvalue weighted by Crippen LogP contribution is 2.29. The lowest BCUT2D eigenvalue weighted by Crippen LogP contribution is -2.13. The van der Waals surface area contributed by atoms with E-state index in [0.717, 1.165) is 23.1 Å². The van der Waals surface area contributed by atoms with Crippen molar-refractivity contribution in [2.45, 2.75) is 51.7 Å². The van der Waals surface area contributed by atoms with Crippen molar-refractivity contribution in [3.8, 4) is 5.75 Å². The number of hydrogen-bond donors (Lipinski definition) is 1. The molecule has 4 heteroatoms. The third kappa shape index (κ3) is 4.12. The molecule has 0 amide bonds. The van der Waals surface area contributed by atoms with E-state index in [2.05, 4.69) is 0 Å². The Morgan fingerprint density at radius 2 is 1.75 bits per heavy atom. The first kappa shape index (κ1) is 18.8. The van der Waals surface area contributed by atoms with Gasteiger partial charge in [-0.2, -0.15) is 0 Å². The van der Waals surface area contributed by atoms with Gasteiger partial charge in [0.15, 0.2) is 0 Å². The second-order valence-corrected chi connectivity index (χ2v) is 7.69. The van der Waals surface area contributed by atoms with Crippen LogP contribution in [0.1, 0.15) is 48.8 Å². The molecule has 0 bridgehead atoms. The molecule has 0 saturated heterocycles. The first-order valence-corrected chi connectivity index (χ1v) is 10.1. The van der Waals surface area contributed by atoms with Crippen LogP contribution in [0.25, 0.3) is 11.0 Å². The van der Waals surface area contributed by atoms with Gasteiger partial charge < -0.3 is 14.3 Å². The number of aliphatic hydroxyl groups is 1. The molecule has 28 heavy (non-hydrogen) atoms. The summed E-state index contributed by atoms with van der Waals surface area (Å²) in [7, 11) is 0. The van der Waals surface area contributed by atoms with E-state index in [4.69, 9.17) is 14.3 Å². The summed E-state index contributed by atoms with van der Waals surface area (Å²) in [4.78, 5) is 13.1. The number of benzene rings is 2. The van der Waals surface area contributed by atoms with Crippen molar-refractivity contribution in [1.29, 1.82) is 0 Å². The van der Waals surface area contributed by atoms with Crippen molar-refractivity contribution >= 4 is 11.0 Å². The predicted octanol–water partition coefficient (Wildman–Crippen LogP) is 4.99. The van der Waals surface area contributed by atoms with Crippen molar-refractivity contribution < 1.29 is 14.3 Å². The van der Waals surface area contributed by atoms with Crippen LogP contribution in [0.5, 0.6) is 5.75 Å². The van der Waals surface area contributed by atoms with Crippen LogP contribution >= 0.6 is 0 Å². The zero-order valence-electron chi connectivity index (χ0n) is 16.0. The number of ether oxygens (including phenoxy) is 1. The first-order chi connectivity index (χ1) is 13.7. The standard InChI is InChI=1S/C24H26O4/c25-14-18-9-11-19(12-10-18)15-27-22-16-28-21-8-4-7-20(23(21)24(22)26)13-17-5-2-1-3-6-17/h4,7-12,16-17,25H,1-3,5-6,13-15H2. The van der Waals surface area contributed by atoms with Gasteiger partial charge in [0.25, 0.3) is 0 Å². The van der Waals surface area contributed by atoms with Gasteiger partial charge in [0.05, 0.1) is 12.0 Å². The van der Waals surface area contributed by atoms with E-state index in [1.54, 1.807) is 0 Å². The number of hydrogen-bond acceptors (Lipinski definition) is 4. The Hall–Kier alpha value is -2.59. The van der Waals surface area contributed by atoms with Crippen molar-refractivity contribution in [2.24, 2.45) is 5.92 Å². The summed E-state index contributed by atoms with van der Waals surface area (Å²) < 4.78 is 11.5. The minimum Gasteiger partial charge on any atom is -0.482 e. The molecule has 1 aromatic heterocycles. The number of rotatable bonds is 6. The smallest absolute Gasteiger partial charge is 0.234 e. The lowest BCUT2D eigenvalue weighted by Gasteiger charge is -2.22. The predicted molar refractivity (Wildman–Crippen MR) is 109 cm³/mol. The van der Waals surface area contributed by atoms with Gasteiger partial charge in [-0.25, -0.2) is 0 Å². The molecule has 4 nitrogen and oxygen atoms in total. The third-order valence-corrected chi connectivity index (χ3v) is 5.69. The second kappa shape index (κ2) is 8.61. The summed E-state index contributed by atoms with van der Waals surface area (Å²) in [6.07, 6.45) is 8.71. The fraction of sp³-hybridized carbons (Fsp3) is 0.375. The van der Waals surface area contributed by atoms with Gasteiger partial charge in [-0.15, -0.1) is 0 Å². The third-order valence-electron chi connectivity index (χ3n) is 5.69. The molecule has 0 spiro atoms. The Bertz CT molecular complexity index is 982. The molecule has 0 atom stereocenters. The van der Waals surface area contributed by atoms with E-state index in [0.29, 0.717) is 16.9 Å². The van der Waals surface area contributed by atoms with Crippen LogP contribution < -0.4 is 10.2 Å². The van der Waals surface area contributed by atoms with E-state index < -0.39 is 0 Å². The Morgan fingerprint density at radius 3 is 2.50 bits per heavy atom. The van der Waals surface area contributed by atoms with Crippen LogP contribution in [-0.2, 0) is 19.6 Å². The molecular formula is C24H26O4. The molecule has 3 aromatic rings. The van der Waals surface area contributed by atoms with E-state index in [1.165, 1.54) is 38.4 Å². The molecule has 0 aliphatic heterocycles. The van der Waals surface area contributed by atoms with Gasteiger partial charge in [0, 0.05) is 0 Å². The monoisotopic (exact) mass is 378 g/mol. The average Bonchev–Trinajstić information content (AvgIpc) is 2.74. The lowest BCUT2D eigenvalue weighted by atomic mass is 9.84. The van der Waals surface area contributed by atoms with Gasteiger partial charge in [0.2, 0.25) is 11.2 Å². The van der Waals surface area contributed by atoms with E-state index >= 15 is 0 Å². The summed E-state index contributed by atoms with van der Waals surface area (Å²) in [5, 5.41) is 9.79. The van der Waals surface area contributed by atoms with Gasteiger partial charge in [-0.05, 0) is 35.1 Å². The highest BCUT2D eigenvalue weighted by Gasteiger charge is 2.18. The van der Waals surface area contributed by atoms with Crippen molar-refractivity contribution in [3.63, 3.8) is 0 Å². The topological polar surface area (TPSA) is 59.7 Å². The molecule has 1 aliphatic rings. The maximum atomic E-state index is 13.1. The quantitative estimate of drug-likeness (QED) is 0.657. The molecule has 1 heterocycles. The van der Waals surface area contributed by atoms with E-state index in [1.807, 2.05) is 42.5 Å². The normalized spacial score (nSPS) is 15.0. The maximum Gasteiger partial charge on any atom is 0.234 e. The van der Waals surface area contributed by atoms with Gasteiger partial charge in [-0.1, -0.05) is 68.5 Å². The van der Waals surface area contributed by atoms with Crippen molar-refractivity contribution in [2.75, 3.05) is 0 Å². The lowest BCUT2D eigenvalue weighted by molar-refractivity contribution is 0.281. The molecule has 1 aliphatic carbocycles. The molecular weight excluding hydrogens is 352 g/mol. The molecule has 0 radical (unpaired) electrons. The van der Waals surface area contributed by atoms with Crippen LogP contribution in [0, 0.1) is 5.92 Å². The van der Waals surface area contributed by atoms with Crippen molar-refractivity contribution in [3.05, 3.63) is 75.6 Å². The Balaban J connectivity index is 1.57.